The molecule has 0 bridgehead atoms. The van der Waals surface area contributed by atoms with Gasteiger partial charge in [-0.3, -0.25) is 10.6 Å². The van der Waals surface area contributed by atoms with Gasteiger partial charge in [-0.05, 0) is 168 Å². The molecule has 2 atom stereocenters. The van der Waals surface area contributed by atoms with Crippen LogP contribution in [0.15, 0.2) is 135 Å². The Hall–Kier alpha value is -7.45. The molecular weight excluding hydrogens is 1000 g/mol. The third-order valence-corrected chi connectivity index (χ3v) is 16.0. The maximum absolute atomic E-state index is 11.4. The van der Waals surface area contributed by atoms with Crippen LogP contribution in [-0.2, 0) is 28.7 Å². The average Bonchev–Trinajstić information content (AvgIpc) is 4.17. The Balaban J connectivity index is 0.000000264. The Kier molecular flexibility index (Phi) is 31.7. The molecule has 0 saturated heterocycles. The molecule has 78 heavy (non-hydrogen) atoms. The van der Waals surface area contributed by atoms with E-state index in [0.717, 1.165) is 65.8 Å². The number of ether oxygens (including phenoxy) is 2. The van der Waals surface area contributed by atoms with Gasteiger partial charge in [0.2, 0.25) is 24.3 Å². The highest BCUT2D eigenvalue weighted by atomic mass is 31.1. The van der Waals surface area contributed by atoms with Gasteiger partial charge in [-0.1, -0.05) is 139 Å². The summed E-state index contributed by atoms with van der Waals surface area (Å²) >= 11 is 0. The van der Waals surface area contributed by atoms with E-state index in [0.29, 0.717) is 47.3 Å². The minimum Gasteiger partial charge on any atom is -0.449 e. The van der Waals surface area contributed by atoms with Crippen LogP contribution >= 0.6 is 7.92 Å². The molecule has 2 aliphatic carbocycles. The van der Waals surface area contributed by atoms with Gasteiger partial charge in [0.25, 0.3) is 0 Å². The summed E-state index contributed by atoms with van der Waals surface area (Å²) in [7, 11) is 1.82. The summed E-state index contributed by atoms with van der Waals surface area (Å²) in [6.07, 6.45) is 18.5. The number of rotatable bonds is 18. The molecule has 0 aliphatic heterocycles. The smallest absolute Gasteiger partial charge is 0.411 e. The van der Waals surface area contributed by atoms with Crippen molar-refractivity contribution in [3.63, 3.8) is 0 Å². The van der Waals surface area contributed by atoms with Gasteiger partial charge in [-0.25, -0.2) is 28.8 Å². The lowest BCUT2D eigenvalue weighted by molar-refractivity contribution is 0.159. The van der Waals surface area contributed by atoms with E-state index in [1.165, 1.54) is 81.9 Å². The first kappa shape index (κ1) is 64.8. The summed E-state index contributed by atoms with van der Waals surface area (Å²) in [5.74, 6) is 2.69. The number of hydrogen-bond acceptors (Lipinski definition) is 13. The molecule has 5 aromatic carbocycles. The Bertz CT molecular complexity index is 2660. The molecule has 0 spiro atoms. The van der Waals surface area contributed by atoms with Crippen LogP contribution in [0.1, 0.15) is 115 Å². The maximum atomic E-state index is 11.4. The fraction of sp³-hybridized carbons (Fsp3) is 0.419. The molecule has 0 heterocycles. The monoisotopic (exact) mass is 1080 g/mol. The molecule has 414 valence electrons. The zero-order chi connectivity index (χ0) is 56.9. The fourth-order valence-corrected chi connectivity index (χ4v) is 12.2. The van der Waals surface area contributed by atoms with Gasteiger partial charge in [-0.15, -0.1) is 0 Å². The number of nitrogens with zero attached hydrogens (tertiary/aromatic N) is 4. The van der Waals surface area contributed by atoms with Crippen molar-refractivity contribution < 1.29 is 38.2 Å². The van der Waals surface area contributed by atoms with Crippen LogP contribution in [0.5, 0.6) is 0 Å². The van der Waals surface area contributed by atoms with Crippen LogP contribution in [0, 0.1) is 38.5 Å². The Morgan fingerprint density at radius 2 is 1.01 bits per heavy atom. The third-order valence-electron chi connectivity index (χ3n) is 13.0. The average molecular weight is 1080 g/mol. The fourth-order valence-electron chi connectivity index (χ4n) is 8.81. The molecule has 0 radical (unpaired) electrons. The minimum atomic E-state index is -0.506. The molecule has 2 aliphatic rings. The van der Waals surface area contributed by atoms with Crippen LogP contribution in [0.4, 0.5) is 43.7 Å². The van der Waals surface area contributed by atoms with Crippen molar-refractivity contribution in [2.24, 2.45) is 37.7 Å². The van der Waals surface area contributed by atoms with Crippen LogP contribution in [0.25, 0.3) is 0 Å². The molecule has 2 fully saturated rings. The van der Waals surface area contributed by atoms with E-state index in [1.54, 1.807) is 66.1 Å². The van der Waals surface area contributed by atoms with Crippen molar-refractivity contribution in [2.45, 2.75) is 125 Å². The summed E-state index contributed by atoms with van der Waals surface area (Å²) < 4.78 is 9.92. The van der Waals surface area contributed by atoms with Gasteiger partial charge in [0, 0.05) is 11.4 Å². The van der Waals surface area contributed by atoms with Crippen LogP contribution in [0.3, 0.4) is 0 Å². The quantitative estimate of drug-likeness (QED) is 0.0330. The molecule has 15 nitrogen and oxygen atoms in total. The van der Waals surface area contributed by atoms with Crippen LogP contribution in [0.2, 0.25) is 0 Å². The first-order valence-corrected chi connectivity index (χ1v) is 28.3. The number of benzene rings is 5. The molecule has 3 N–H and O–H groups in total. The largest absolute Gasteiger partial charge is 0.449 e. The van der Waals surface area contributed by atoms with E-state index in [9.17, 15) is 28.8 Å². The SMILES string of the molecule is CC(C)C1CCCC1P(c1ccccc1)c1ccccc1.CCCCOC(=O)Nc1ccc(C)c(N=C=O)c1.CCCCOC(=O)Nc1ccc(C)c(N=C=O)c1.CNCC1CCCC1.Cc1ccc(N=C=O)cc1N=C=O. The first-order chi connectivity index (χ1) is 37.8. The Morgan fingerprint density at radius 3 is 1.42 bits per heavy atom. The number of carbonyl (C=O) groups excluding carboxylic acids is 6. The highest BCUT2D eigenvalue weighted by Gasteiger charge is 2.36. The summed E-state index contributed by atoms with van der Waals surface area (Å²) in [4.78, 5) is 77.1. The standard InChI is InChI=1S/C20H25P.2C13H16N2O3.C9H6N2O2.C7H15N/c1-16(2)19-14-9-15-20(19)21(17-10-5-3-6-11-17)18-12-7-4-8-13-18;2*1-3-4-7-18-13(17)15-11-6-5-10(2)12(8-11)14-9-16;1-7-2-3-8(10-5-12)4-9(7)11-6-13;1-8-6-7-4-2-3-5-7/h3-8,10-13,16,19-20H,9,14-15H2,1-2H3;2*5-6,8H,3-4,7H2,1-2H3,(H,15,17);2-4H,1H3;7-8H,2-6H2,1H3. The summed E-state index contributed by atoms with van der Waals surface area (Å²) in [6, 6.07) is 37.5. The second-order valence-corrected chi connectivity index (χ2v) is 21.6. The zero-order valence-corrected chi connectivity index (χ0v) is 47.6. The van der Waals surface area contributed by atoms with E-state index >= 15 is 0 Å². The number of aliphatic imine (C=N–C) groups is 4. The minimum absolute atomic E-state index is 0.224. The number of aryl methyl sites for hydroxylation is 3. The summed E-state index contributed by atoms with van der Waals surface area (Å²) in [5.41, 5.74) is 6.28. The van der Waals surface area contributed by atoms with Crippen molar-refractivity contribution in [3.05, 3.63) is 132 Å². The number of nitrogens with one attached hydrogen (secondary N) is 3. The second-order valence-electron chi connectivity index (χ2n) is 19.2. The second kappa shape index (κ2) is 38.2. The third kappa shape index (κ3) is 24.3. The normalized spacial score (nSPS) is 14.0. The van der Waals surface area contributed by atoms with Crippen molar-refractivity contribution in [2.75, 3.05) is 37.4 Å². The van der Waals surface area contributed by atoms with E-state index in [-0.39, 0.29) is 7.92 Å². The molecule has 5 aromatic rings. The van der Waals surface area contributed by atoms with Gasteiger partial charge in [0.1, 0.15) is 0 Å². The highest BCUT2D eigenvalue weighted by Crippen LogP contribution is 2.52. The predicted octanol–water partition coefficient (Wildman–Crippen LogP) is 14.9. The van der Waals surface area contributed by atoms with Gasteiger partial charge >= 0.3 is 12.2 Å². The lowest BCUT2D eigenvalue weighted by atomic mass is 9.94. The number of amides is 2. The van der Waals surface area contributed by atoms with E-state index in [2.05, 4.69) is 110 Å². The topological polar surface area (TPSA) is 206 Å². The zero-order valence-electron chi connectivity index (χ0n) is 46.7. The summed E-state index contributed by atoms with van der Waals surface area (Å²) in [5, 5.41) is 11.5. The van der Waals surface area contributed by atoms with Crippen molar-refractivity contribution >= 4 is 89.2 Å². The van der Waals surface area contributed by atoms with Crippen LogP contribution < -0.4 is 26.6 Å². The lowest BCUT2D eigenvalue weighted by Crippen LogP contribution is -2.27. The predicted molar refractivity (Wildman–Crippen MR) is 315 cm³/mol. The van der Waals surface area contributed by atoms with E-state index in [1.807, 2.05) is 34.7 Å². The van der Waals surface area contributed by atoms with Crippen molar-refractivity contribution in [1.82, 2.24) is 5.32 Å². The number of hydrogen-bond donors (Lipinski definition) is 3. The molecular formula is C62H78N7O8P. The molecule has 2 amide bonds. The van der Waals surface area contributed by atoms with E-state index in [4.69, 9.17) is 9.47 Å². The molecule has 2 unspecified atom stereocenters. The van der Waals surface area contributed by atoms with Crippen LogP contribution in [-0.4, -0.2) is 69.0 Å². The van der Waals surface area contributed by atoms with Crippen molar-refractivity contribution in [3.8, 4) is 0 Å². The summed E-state index contributed by atoms with van der Waals surface area (Å²) in [6.45, 7) is 16.3. The molecule has 16 heteroatoms. The van der Waals surface area contributed by atoms with Crippen molar-refractivity contribution in [1.29, 1.82) is 0 Å². The Labute approximate surface area is 462 Å². The lowest BCUT2D eigenvalue weighted by Gasteiger charge is -2.32. The maximum Gasteiger partial charge on any atom is 0.411 e. The van der Waals surface area contributed by atoms with Gasteiger partial charge in [0.15, 0.2) is 0 Å². The molecule has 2 saturated carbocycles. The molecule has 7 rings (SSSR count). The van der Waals surface area contributed by atoms with Gasteiger partial charge < -0.3 is 14.8 Å². The highest BCUT2D eigenvalue weighted by molar-refractivity contribution is 7.73. The number of unbranched alkanes of at least 4 members (excludes halogenated alkanes) is 2. The van der Waals surface area contributed by atoms with E-state index < -0.39 is 12.2 Å². The molecule has 0 aromatic heterocycles. The Morgan fingerprint density at radius 1 is 0.577 bits per heavy atom. The number of isocyanates is 4. The first-order valence-electron chi connectivity index (χ1n) is 26.9. The van der Waals surface area contributed by atoms with Gasteiger partial charge in [-0.2, -0.15) is 20.0 Å². The van der Waals surface area contributed by atoms with Gasteiger partial charge in [0.05, 0.1) is 36.0 Å². The number of carbonyl (C=O) groups is 2. The number of anilines is 2.